The Morgan fingerprint density at radius 3 is 1.55 bits per heavy atom. The lowest BCUT2D eigenvalue weighted by Gasteiger charge is -2.42. The van der Waals surface area contributed by atoms with Crippen LogP contribution in [0.1, 0.15) is 58.0 Å². The van der Waals surface area contributed by atoms with Crippen LogP contribution in [0.25, 0.3) is 0 Å². The standard InChI is InChI=1S/C26H40O4Si/c1-18(24(27)20-10-14-22(28-6)15-11-20)19(2)25(30-31(8,9)26(3,4)5)21-12-16-23(29-7)17-13-21/h10-19,24-25,27H,1-9H3/t18-,19-,24+,25-/m1/s1. The Kier molecular flexibility index (Phi) is 8.37. The summed E-state index contributed by atoms with van der Waals surface area (Å²) in [6, 6.07) is 15.8. The van der Waals surface area contributed by atoms with E-state index in [1.807, 2.05) is 36.4 Å². The topological polar surface area (TPSA) is 47.9 Å². The zero-order chi connectivity index (χ0) is 23.4. The van der Waals surface area contributed by atoms with Gasteiger partial charge in [0.2, 0.25) is 0 Å². The number of hydrogen-bond donors (Lipinski definition) is 1. The molecule has 0 amide bonds. The molecule has 31 heavy (non-hydrogen) atoms. The van der Waals surface area contributed by atoms with Gasteiger partial charge in [0, 0.05) is 0 Å². The minimum absolute atomic E-state index is 0.00901. The zero-order valence-corrected chi connectivity index (χ0v) is 21.6. The van der Waals surface area contributed by atoms with E-state index < -0.39 is 14.4 Å². The molecule has 2 aromatic rings. The molecule has 0 saturated heterocycles. The van der Waals surface area contributed by atoms with E-state index in [0.717, 1.165) is 22.6 Å². The largest absolute Gasteiger partial charge is 0.497 e. The zero-order valence-electron chi connectivity index (χ0n) is 20.6. The minimum atomic E-state index is -2.04. The summed E-state index contributed by atoms with van der Waals surface area (Å²) < 4.78 is 17.5. The first-order valence-corrected chi connectivity index (χ1v) is 14.0. The molecule has 2 aromatic carbocycles. The van der Waals surface area contributed by atoms with Gasteiger partial charge in [-0.3, -0.25) is 0 Å². The highest BCUT2D eigenvalue weighted by Gasteiger charge is 2.42. The Morgan fingerprint density at radius 2 is 1.16 bits per heavy atom. The van der Waals surface area contributed by atoms with Crippen LogP contribution in [0, 0.1) is 11.8 Å². The van der Waals surface area contributed by atoms with E-state index in [2.05, 4.69) is 59.8 Å². The van der Waals surface area contributed by atoms with Crippen molar-refractivity contribution in [2.75, 3.05) is 14.2 Å². The van der Waals surface area contributed by atoms with Crippen LogP contribution in [0.3, 0.4) is 0 Å². The Balaban J connectivity index is 2.35. The maximum Gasteiger partial charge on any atom is 0.192 e. The molecule has 0 saturated carbocycles. The number of aliphatic hydroxyl groups excluding tert-OH is 1. The Bertz CT molecular complexity index is 809. The summed E-state index contributed by atoms with van der Waals surface area (Å²) in [7, 11) is 1.28. The molecule has 4 atom stereocenters. The molecule has 0 bridgehead atoms. The highest BCUT2D eigenvalue weighted by atomic mass is 28.4. The first-order chi connectivity index (χ1) is 14.4. The first kappa shape index (κ1) is 25.4. The van der Waals surface area contributed by atoms with Crippen LogP contribution in [0.5, 0.6) is 11.5 Å². The van der Waals surface area contributed by atoms with Crippen LogP contribution in [0.2, 0.25) is 18.1 Å². The molecule has 5 heteroatoms. The molecule has 0 aromatic heterocycles. The third kappa shape index (κ3) is 6.12. The maximum atomic E-state index is 11.2. The number of hydrogen-bond acceptors (Lipinski definition) is 4. The van der Waals surface area contributed by atoms with Crippen molar-refractivity contribution in [3.8, 4) is 11.5 Å². The van der Waals surface area contributed by atoms with Crippen LogP contribution in [-0.2, 0) is 4.43 Å². The molecule has 0 unspecified atom stereocenters. The van der Waals surface area contributed by atoms with Crippen LogP contribution >= 0.6 is 0 Å². The summed E-state index contributed by atoms with van der Waals surface area (Å²) in [5.41, 5.74) is 2.01. The quantitative estimate of drug-likeness (QED) is 0.433. The monoisotopic (exact) mass is 444 g/mol. The van der Waals surface area contributed by atoms with Gasteiger partial charge in [0.05, 0.1) is 26.4 Å². The van der Waals surface area contributed by atoms with Crippen molar-refractivity contribution in [1.29, 1.82) is 0 Å². The third-order valence-electron chi connectivity index (χ3n) is 6.93. The Hall–Kier alpha value is -1.82. The van der Waals surface area contributed by atoms with E-state index in [0.29, 0.717) is 0 Å². The van der Waals surface area contributed by atoms with Gasteiger partial charge in [-0.2, -0.15) is 0 Å². The Morgan fingerprint density at radius 1 is 0.742 bits per heavy atom. The van der Waals surface area contributed by atoms with Crippen molar-refractivity contribution in [2.24, 2.45) is 11.8 Å². The normalized spacial score (nSPS) is 16.3. The molecule has 172 valence electrons. The number of rotatable bonds is 9. The van der Waals surface area contributed by atoms with Crippen LogP contribution in [-0.4, -0.2) is 27.6 Å². The number of methoxy groups -OCH3 is 2. The van der Waals surface area contributed by atoms with E-state index in [4.69, 9.17) is 13.9 Å². The van der Waals surface area contributed by atoms with Crippen molar-refractivity contribution >= 4 is 8.32 Å². The van der Waals surface area contributed by atoms with Gasteiger partial charge in [-0.05, 0) is 65.4 Å². The second-order valence-corrected chi connectivity index (χ2v) is 14.8. The molecule has 0 aliphatic rings. The summed E-state index contributed by atoms with van der Waals surface area (Å²) in [5, 5.41) is 11.2. The molecule has 0 fully saturated rings. The molecule has 0 radical (unpaired) electrons. The summed E-state index contributed by atoms with van der Waals surface area (Å²) in [5.74, 6) is 1.70. The second kappa shape index (κ2) is 10.2. The van der Waals surface area contributed by atoms with E-state index in [1.165, 1.54) is 0 Å². The van der Waals surface area contributed by atoms with Gasteiger partial charge in [-0.1, -0.05) is 58.9 Å². The van der Waals surface area contributed by atoms with Gasteiger partial charge < -0.3 is 19.0 Å². The Labute approximate surface area is 189 Å². The maximum absolute atomic E-state index is 11.2. The first-order valence-electron chi connectivity index (χ1n) is 11.0. The molecular weight excluding hydrogens is 404 g/mol. The highest BCUT2D eigenvalue weighted by Crippen LogP contribution is 2.44. The summed E-state index contributed by atoms with van der Waals surface area (Å²) in [4.78, 5) is 0. The smallest absolute Gasteiger partial charge is 0.192 e. The summed E-state index contributed by atoms with van der Waals surface area (Å²) in [6.07, 6.45) is -0.709. The van der Waals surface area contributed by atoms with Crippen LogP contribution in [0.4, 0.5) is 0 Å². The van der Waals surface area contributed by atoms with E-state index >= 15 is 0 Å². The summed E-state index contributed by atoms with van der Waals surface area (Å²) >= 11 is 0. The fourth-order valence-electron chi connectivity index (χ4n) is 3.43. The SMILES string of the molecule is COc1ccc([C@@H](O)[C@H](C)[C@@H](C)[C@@H](O[Si](C)(C)C(C)(C)C)c2ccc(OC)cc2)cc1. The average Bonchev–Trinajstić information content (AvgIpc) is 2.75. The van der Waals surface area contributed by atoms with E-state index in [-0.39, 0.29) is 23.0 Å². The molecule has 4 nitrogen and oxygen atoms in total. The van der Waals surface area contributed by atoms with Crippen molar-refractivity contribution < 1.29 is 19.0 Å². The van der Waals surface area contributed by atoms with Crippen molar-refractivity contribution in [3.63, 3.8) is 0 Å². The fourth-order valence-corrected chi connectivity index (χ4v) is 4.77. The van der Waals surface area contributed by atoms with Gasteiger partial charge >= 0.3 is 0 Å². The molecule has 1 N–H and O–H groups in total. The van der Waals surface area contributed by atoms with E-state index in [9.17, 15) is 5.11 Å². The molecule has 0 spiro atoms. The van der Waals surface area contributed by atoms with Crippen molar-refractivity contribution in [3.05, 3.63) is 59.7 Å². The van der Waals surface area contributed by atoms with Gasteiger partial charge in [0.25, 0.3) is 0 Å². The predicted octanol–water partition coefficient (Wildman–Crippen LogP) is 6.77. The predicted molar refractivity (Wildman–Crippen MR) is 130 cm³/mol. The molecule has 0 heterocycles. The molecule has 2 rings (SSSR count). The molecule has 0 aliphatic carbocycles. The molecule has 0 aliphatic heterocycles. The number of ether oxygens (including phenoxy) is 2. The molecular formula is C26H40O4Si. The minimum Gasteiger partial charge on any atom is -0.497 e. The van der Waals surface area contributed by atoms with Crippen LogP contribution in [0.15, 0.2) is 48.5 Å². The van der Waals surface area contributed by atoms with Gasteiger partial charge in [-0.25, -0.2) is 0 Å². The lowest BCUT2D eigenvalue weighted by atomic mass is 9.81. The van der Waals surface area contributed by atoms with Gasteiger partial charge in [0.15, 0.2) is 8.32 Å². The van der Waals surface area contributed by atoms with Crippen LogP contribution < -0.4 is 9.47 Å². The highest BCUT2D eigenvalue weighted by molar-refractivity contribution is 6.74. The lowest BCUT2D eigenvalue weighted by Crippen LogP contribution is -2.43. The lowest BCUT2D eigenvalue weighted by molar-refractivity contribution is 0.0266. The number of aliphatic hydroxyl groups is 1. The fraction of sp³-hybridized carbons (Fsp3) is 0.538. The van der Waals surface area contributed by atoms with Crippen molar-refractivity contribution in [1.82, 2.24) is 0 Å². The van der Waals surface area contributed by atoms with Gasteiger partial charge in [-0.15, -0.1) is 0 Å². The second-order valence-electron chi connectivity index (χ2n) is 10.0. The number of benzene rings is 2. The summed E-state index contributed by atoms with van der Waals surface area (Å²) in [6.45, 7) is 15.6. The van der Waals surface area contributed by atoms with Gasteiger partial charge in [0.1, 0.15) is 11.5 Å². The van der Waals surface area contributed by atoms with E-state index in [1.54, 1.807) is 14.2 Å². The van der Waals surface area contributed by atoms with Crippen molar-refractivity contribution in [2.45, 2.75) is 65.0 Å². The third-order valence-corrected chi connectivity index (χ3v) is 11.4. The average molecular weight is 445 g/mol.